The van der Waals surface area contributed by atoms with Crippen LogP contribution in [0.2, 0.25) is 0 Å². The van der Waals surface area contributed by atoms with E-state index < -0.39 is 22.8 Å². The number of carbonyl (C=O) groups is 3. The van der Waals surface area contributed by atoms with Crippen molar-refractivity contribution in [2.24, 2.45) is 0 Å². The van der Waals surface area contributed by atoms with Crippen LogP contribution in [0.15, 0.2) is 48.0 Å². The molecular weight excluding hydrogens is 404 g/mol. The molecule has 2 aromatic rings. The zero-order valence-electron chi connectivity index (χ0n) is 17.1. The Hall–Kier alpha value is -4.21. The molecule has 2 aromatic carbocycles. The number of hydrogen-bond donors (Lipinski definition) is 1. The van der Waals surface area contributed by atoms with Crippen LogP contribution in [0, 0.1) is 10.1 Å². The van der Waals surface area contributed by atoms with Crippen LogP contribution in [-0.2, 0) is 9.59 Å². The number of amides is 4. The number of benzene rings is 2. The van der Waals surface area contributed by atoms with E-state index in [2.05, 4.69) is 5.32 Å². The minimum absolute atomic E-state index is 0.178. The minimum Gasteiger partial charge on any atom is -0.494 e. The lowest BCUT2D eigenvalue weighted by molar-refractivity contribution is -0.384. The van der Waals surface area contributed by atoms with E-state index in [0.717, 1.165) is 4.90 Å². The highest BCUT2D eigenvalue weighted by molar-refractivity contribution is 6.39. The molecule has 3 rings (SSSR count). The van der Waals surface area contributed by atoms with Crippen molar-refractivity contribution in [3.8, 4) is 5.75 Å². The van der Waals surface area contributed by atoms with E-state index in [9.17, 15) is 24.5 Å². The van der Waals surface area contributed by atoms with Gasteiger partial charge in [0.2, 0.25) is 0 Å². The number of nitrogens with zero attached hydrogens (tertiary/aromatic N) is 3. The summed E-state index contributed by atoms with van der Waals surface area (Å²) in [4.78, 5) is 50.8. The molecule has 0 radical (unpaired) electrons. The van der Waals surface area contributed by atoms with Gasteiger partial charge in [-0.2, -0.15) is 0 Å². The molecule has 0 aromatic heterocycles. The summed E-state index contributed by atoms with van der Waals surface area (Å²) in [6, 6.07) is 9.69. The molecule has 0 bridgehead atoms. The number of imide groups is 2. The Labute approximate surface area is 177 Å². The average Bonchev–Trinajstić information content (AvgIpc) is 2.72. The Balaban J connectivity index is 1.99. The summed E-state index contributed by atoms with van der Waals surface area (Å²) >= 11 is 0. The Morgan fingerprint density at radius 3 is 2.39 bits per heavy atom. The summed E-state index contributed by atoms with van der Waals surface area (Å²) < 4.78 is 5.35. The van der Waals surface area contributed by atoms with E-state index >= 15 is 0 Å². The molecule has 1 aliphatic heterocycles. The van der Waals surface area contributed by atoms with E-state index in [0.29, 0.717) is 18.0 Å². The van der Waals surface area contributed by atoms with Crippen LogP contribution in [0.25, 0.3) is 6.08 Å². The molecule has 10 nitrogen and oxygen atoms in total. The highest BCUT2D eigenvalue weighted by atomic mass is 16.6. The molecular formula is C21H20N4O6. The number of carbonyl (C=O) groups excluding carboxylic acids is 3. The van der Waals surface area contributed by atoms with Crippen molar-refractivity contribution in [2.75, 3.05) is 30.5 Å². The van der Waals surface area contributed by atoms with Crippen molar-refractivity contribution in [3.63, 3.8) is 0 Å². The van der Waals surface area contributed by atoms with Gasteiger partial charge in [0.15, 0.2) is 0 Å². The predicted molar refractivity (Wildman–Crippen MR) is 114 cm³/mol. The summed E-state index contributed by atoms with van der Waals surface area (Å²) in [5.74, 6) is -1.15. The highest BCUT2D eigenvalue weighted by Gasteiger charge is 2.37. The molecule has 0 spiro atoms. The second-order valence-electron chi connectivity index (χ2n) is 6.78. The van der Waals surface area contributed by atoms with Crippen LogP contribution >= 0.6 is 0 Å². The number of anilines is 2. The first-order valence-electron chi connectivity index (χ1n) is 9.33. The van der Waals surface area contributed by atoms with Crippen LogP contribution in [0.3, 0.4) is 0 Å². The van der Waals surface area contributed by atoms with Crippen molar-refractivity contribution in [3.05, 3.63) is 63.7 Å². The Morgan fingerprint density at radius 2 is 1.81 bits per heavy atom. The normalized spacial score (nSPS) is 15.1. The standard InChI is InChI=1S/C21H20N4O6/c1-4-31-15-8-6-14(7-9-15)24-20(27)16(19(26)22-21(24)28)11-13-5-10-17(23(2)3)18(12-13)25(29)30/h5-12H,4H2,1-3H3,(H,22,26,28)/b16-11+. The van der Waals surface area contributed by atoms with Crippen LogP contribution < -0.4 is 19.9 Å². The van der Waals surface area contributed by atoms with Crippen LogP contribution in [0.5, 0.6) is 5.75 Å². The van der Waals surface area contributed by atoms with Gasteiger partial charge in [-0.05, 0) is 48.9 Å². The summed E-state index contributed by atoms with van der Waals surface area (Å²) in [6.45, 7) is 2.29. The van der Waals surface area contributed by atoms with Gasteiger partial charge in [0.1, 0.15) is 17.0 Å². The Kier molecular flexibility index (Phi) is 6.00. The molecule has 31 heavy (non-hydrogen) atoms. The smallest absolute Gasteiger partial charge is 0.335 e. The number of barbiturate groups is 1. The summed E-state index contributed by atoms with van der Waals surface area (Å²) in [6.07, 6.45) is 1.22. The number of rotatable bonds is 6. The largest absolute Gasteiger partial charge is 0.494 e. The zero-order chi connectivity index (χ0) is 22.7. The first-order valence-corrected chi connectivity index (χ1v) is 9.33. The SMILES string of the molecule is CCOc1ccc(N2C(=O)NC(=O)/C(=C\c3ccc(N(C)C)c([N+](=O)[O-])c3)C2=O)cc1. The average molecular weight is 424 g/mol. The van der Waals surface area contributed by atoms with Gasteiger partial charge in [-0.1, -0.05) is 6.07 Å². The van der Waals surface area contributed by atoms with E-state index in [1.54, 1.807) is 37.2 Å². The fourth-order valence-corrected chi connectivity index (χ4v) is 3.07. The molecule has 1 heterocycles. The monoisotopic (exact) mass is 424 g/mol. The molecule has 0 unspecified atom stereocenters. The molecule has 0 atom stereocenters. The fraction of sp³-hybridized carbons (Fsp3) is 0.190. The lowest BCUT2D eigenvalue weighted by Crippen LogP contribution is -2.54. The number of nitro benzene ring substituents is 1. The second-order valence-corrected chi connectivity index (χ2v) is 6.78. The Bertz CT molecular complexity index is 1090. The van der Waals surface area contributed by atoms with E-state index in [4.69, 9.17) is 4.74 Å². The van der Waals surface area contributed by atoms with Crippen LogP contribution in [-0.4, -0.2) is 43.5 Å². The third-order valence-corrected chi connectivity index (χ3v) is 4.50. The molecule has 1 aliphatic rings. The van der Waals surface area contributed by atoms with Gasteiger partial charge in [-0.3, -0.25) is 25.0 Å². The van der Waals surface area contributed by atoms with Crippen molar-refractivity contribution in [1.29, 1.82) is 0 Å². The Morgan fingerprint density at radius 1 is 1.13 bits per heavy atom. The van der Waals surface area contributed by atoms with Gasteiger partial charge in [0.05, 0.1) is 17.2 Å². The third kappa shape index (κ3) is 4.37. The molecule has 10 heteroatoms. The molecule has 1 N–H and O–H groups in total. The molecule has 4 amide bonds. The van der Waals surface area contributed by atoms with Crippen LogP contribution in [0.4, 0.5) is 21.9 Å². The molecule has 0 saturated carbocycles. The maximum absolute atomic E-state index is 13.0. The topological polar surface area (TPSA) is 122 Å². The van der Waals surface area contributed by atoms with E-state index in [1.807, 2.05) is 6.92 Å². The maximum Gasteiger partial charge on any atom is 0.335 e. The number of urea groups is 1. The fourth-order valence-electron chi connectivity index (χ4n) is 3.07. The van der Waals surface area contributed by atoms with Gasteiger partial charge in [-0.25, -0.2) is 9.69 Å². The summed E-state index contributed by atoms with van der Waals surface area (Å²) in [7, 11) is 3.33. The van der Waals surface area contributed by atoms with Gasteiger partial charge >= 0.3 is 6.03 Å². The first kappa shape index (κ1) is 21.5. The van der Waals surface area contributed by atoms with Crippen molar-refractivity contribution in [2.45, 2.75) is 6.92 Å². The zero-order valence-corrected chi connectivity index (χ0v) is 17.1. The summed E-state index contributed by atoms with van der Waals surface area (Å²) in [5.41, 5.74) is 0.399. The molecule has 0 aliphatic carbocycles. The van der Waals surface area contributed by atoms with Gasteiger partial charge < -0.3 is 9.64 Å². The minimum atomic E-state index is -0.884. The lowest BCUT2D eigenvalue weighted by Gasteiger charge is -2.26. The summed E-state index contributed by atoms with van der Waals surface area (Å²) in [5, 5.41) is 13.5. The second kappa shape index (κ2) is 8.66. The first-order chi connectivity index (χ1) is 14.7. The molecule has 160 valence electrons. The number of nitro groups is 1. The highest BCUT2D eigenvalue weighted by Crippen LogP contribution is 2.29. The van der Waals surface area contributed by atoms with Crippen molar-refractivity contribution >= 4 is 41.0 Å². The molecule has 1 saturated heterocycles. The number of hydrogen-bond acceptors (Lipinski definition) is 7. The number of ether oxygens (including phenoxy) is 1. The van der Waals surface area contributed by atoms with Gasteiger partial charge in [0.25, 0.3) is 17.5 Å². The van der Waals surface area contributed by atoms with E-state index in [-0.39, 0.29) is 22.5 Å². The predicted octanol–water partition coefficient (Wildman–Crippen LogP) is 2.73. The van der Waals surface area contributed by atoms with Gasteiger partial charge in [-0.15, -0.1) is 0 Å². The maximum atomic E-state index is 13.0. The van der Waals surface area contributed by atoms with Crippen molar-refractivity contribution in [1.82, 2.24) is 5.32 Å². The quantitative estimate of drug-likeness (QED) is 0.327. The molecule has 1 fully saturated rings. The van der Waals surface area contributed by atoms with Gasteiger partial charge in [0, 0.05) is 20.2 Å². The van der Waals surface area contributed by atoms with E-state index in [1.165, 1.54) is 30.3 Å². The third-order valence-electron chi connectivity index (χ3n) is 4.50. The van der Waals surface area contributed by atoms with Crippen LogP contribution in [0.1, 0.15) is 12.5 Å². The lowest BCUT2D eigenvalue weighted by atomic mass is 10.1. The van der Waals surface area contributed by atoms with Crippen molar-refractivity contribution < 1.29 is 24.0 Å². The number of nitrogens with one attached hydrogen (secondary N) is 1.